The number of hydrogen-bond acceptors (Lipinski definition) is 4. The van der Waals surface area contributed by atoms with Crippen LogP contribution in [0.3, 0.4) is 0 Å². The smallest absolute Gasteiger partial charge is 0.321 e. The molecule has 0 aliphatic carbocycles. The van der Waals surface area contributed by atoms with Gasteiger partial charge < -0.3 is 4.74 Å². The van der Waals surface area contributed by atoms with E-state index in [0.29, 0.717) is 0 Å². The van der Waals surface area contributed by atoms with E-state index in [0.717, 1.165) is 22.0 Å². The lowest BCUT2D eigenvalue weighted by Crippen LogP contribution is -2.38. The second-order valence-corrected chi connectivity index (χ2v) is 9.36. The number of ether oxygens (including phenoxy) is 1. The molecule has 0 saturated carbocycles. The van der Waals surface area contributed by atoms with Gasteiger partial charge in [-0.15, -0.1) is 0 Å². The number of benzene rings is 2. The van der Waals surface area contributed by atoms with Gasteiger partial charge in [0.25, 0.3) is 0 Å². The third-order valence-electron chi connectivity index (χ3n) is 3.73. The maximum atomic E-state index is 13.5. The van der Waals surface area contributed by atoms with Crippen LogP contribution in [-0.4, -0.2) is 30.8 Å². The molecule has 0 aromatic heterocycles. The molecule has 8 heteroatoms. The first-order valence-electron chi connectivity index (χ1n) is 8.61. The van der Waals surface area contributed by atoms with Crippen molar-refractivity contribution in [1.29, 1.82) is 0 Å². The molecule has 0 amide bonds. The van der Waals surface area contributed by atoms with Gasteiger partial charge in [0.1, 0.15) is 12.1 Å². The summed E-state index contributed by atoms with van der Waals surface area (Å²) in [7, 11) is -4.07. The number of aryl methyl sites for hydroxylation is 1. The molecule has 2 rings (SSSR count). The first-order chi connectivity index (χ1) is 12.9. The van der Waals surface area contributed by atoms with Gasteiger partial charge in [-0.3, -0.25) is 4.79 Å². The molecule has 0 saturated heterocycles. The highest BCUT2D eigenvalue weighted by Gasteiger charge is 2.29. The molecule has 0 N–H and O–H groups in total. The molecule has 0 unspecified atom stereocenters. The Kier molecular flexibility index (Phi) is 6.56. The highest BCUT2D eigenvalue weighted by molar-refractivity contribution is 7.89. The van der Waals surface area contributed by atoms with Gasteiger partial charge in [0.2, 0.25) is 10.0 Å². The Morgan fingerprint density at radius 2 is 1.64 bits per heavy atom. The lowest BCUT2D eigenvalue weighted by atomic mass is 10.2. The average Bonchev–Trinajstić information content (AvgIpc) is 2.56. The molecular weight excluding hydrogens is 388 g/mol. The van der Waals surface area contributed by atoms with Gasteiger partial charge in [-0.25, -0.2) is 17.2 Å². The first-order valence-corrected chi connectivity index (χ1v) is 10.0. The molecule has 0 spiro atoms. The Bertz CT molecular complexity index is 951. The van der Waals surface area contributed by atoms with E-state index in [2.05, 4.69) is 0 Å². The van der Waals surface area contributed by atoms with Crippen LogP contribution in [0.1, 0.15) is 31.9 Å². The standard InChI is InChI=1S/C20H23F2NO4S/c1-14-5-8-16(9-6-14)28(25,26)23(13-19(24)27-20(2,3)4)12-15-7-10-17(21)18(22)11-15/h5-11H,12-13H2,1-4H3. The zero-order chi connectivity index (χ0) is 21.1. The minimum absolute atomic E-state index is 0.00996. The van der Waals surface area contributed by atoms with E-state index < -0.39 is 39.8 Å². The predicted molar refractivity (Wildman–Crippen MR) is 101 cm³/mol. The van der Waals surface area contributed by atoms with E-state index in [4.69, 9.17) is 4.74 Å². The lowest BCUT2D eigenvalue weighted by molar-refractivity contribution is -0.155. The molecule has 152 valence electrons. The van der Waals surface area contributed by atoms with Crippen LogP contribution in [0.15, 0.2) is 47.4 Å². The fourth-order valence-corrected chi connectivity index (χ4v) is 3.82. The van der Waals surface area contributed by atoms with Gasteiger partial charge >= 0.3 is 5.97 Å². The van der Waals surface area contributed by atoms with E-state index in [-0.39, 0.29) is 17.0 Å². The summed E-state index contributed by atoms with van der Waals surface area (Å²) < 4.78 is 58.9. The topological polar surface area (TPSA) is 63.7 Å². The summed E-state index contributed by atoms with van der Waals surface area (Å²) in [6, 6.07) is 9.21. The Balaban J connectivity index is 2.38. The minimum atomic E-state index is -4.07. The molecule has 2 aromatic carbocycles. The number of rotatable bonds is 6. The summed E-state index contributed by atoms with van der Waals surface area (Å²) in [5, 5.41) is 0. The first kappa shape index (κ1) is 22.0. The Hall–Kier alpha value is -2.32. The number of hydrogen-bond donors (Lipinski definition) is 0. The third kappa shape index (κ3) is 5.84. The molecule has 5 nitrogen and oxygen atoms in total. The highest BCUT2D eigenvalue weighted by Crippen LogP contribution is 2.21. The van der Waals surface area contributed by atoms with E-state index in [9.17, 15) is 22.0 Å². The van der Waals surface area contributed by atoms with E-state index in [1.165, 1.54) is 18.2 Å². The van der Waals surface area contributed by atoms with Crippen LogP contribution in [0, 0.1) is 18.6 Å². The summed E-state index contributed by atoms with van der Waals surface area (Å²) in [6.45, 7) is 5.94. The molecule has 0 aliphatic heterocycles. The average molecular weight is 411 g/mol. The molecule has 0 atom stereocenters. The third-order valence-corrected chi connectivity index (χ3v) is 5.53. The quantitative estimate of drug-likeness (QED) is 0.678. The van der Waals surface area contributed by atoms with Crippen molar-refractivity contribution in [2.75, 3.05) is 6.54 Å². The van der Waals surface area contributed by atoms with Crippen molar-refractivity contribution in [1.82, 2.24) is 4.31 Å². The van der Waals surface area contributed by atoms with Gasteiger partial charge in [-0.2, -0.15) is 4.31 Å². The van der Waals surface area contributed by atoms with Gasteiger partial charge in [0.05, 0.1) is 4.90 Å². The Morgan fingerprint density at radius 3 is 2.18 bits per heavy atom. The number of esters is 1. The second-order valence-electron chi connectivity index (χ2n) is 7.42. The molecule has 0 heterocycles. The molecular formula is C20H23F2NO4S. The molecule has 0 bridgehead atoms. The number of halogens is 2. The number of nitrogens with zero attached hydrogens (tertiary/aromatic N) is 1. The maximum Gasteiger partial charge on any atom is 0.321 e. The van der Waals surface area contributed by atoms with Crippen molar-refractivity contribution >= 4 is 16.0 Å². The fourth-order valence-electron chi connectivity index (χ4n) is 2.44. The summed E-state index contributed by atoms with van der Waals surface area (Å²) in [5.74, 6) is -2.88. The zero-order valence-corrected chi connectivity index (χ0v) is 17.0. The van der Waals surface area contributed by atoms with Gasteiger partial charge in [0, 0.05) is 6.54 Å². The monoisotopic (exact) mass is 411 g/mol. The van der Waals surface area contributed by atoms with Crippen molar-refractivity contribution in [2.24, 2.45) is 0 Å². The zero-order valence-electron chi connectivity index (χ0n) is 16.2. The van der Waals surface area contributed by atoms with Crippen molar-refractivity contribution in [3.05, 3.63) is 65.2 Å². The van der Waals surface area contributed by atoms with Crippen LogP contribution in [0.5, 0.6) is 0 Å². The van der Waals surface area contributed by atoms with E-state index in [1.54, 1.807) is 32.9 Å². The second kappa shape index (κ2) is 8.36. The SMILES string of the molecule is Cc1ccc(S(=O)(=O)N(CC(=O)OC(C)(C)C)Cc2ccc(F)c(F)c2)cc1. The fraction of sp³-hybridized carbons (Fsp3) is 0.350. The summed E-state index contributed by atoms with van der Waals surface area (Å²) in [6.07, 6.45) is 0. The summed E-state index contributed by atoms with van der Waals surface area (Å²) in [4.78, 5) is 12.2. The van der Waals surface area contributed by atoms with E-state index in [1.807, 2.05) is 6.92 Å². The Morgan fingerprint density at radius 1 is 1.04 bits per heavy atom. The van der Waals surface area contributed by atoms with Gasteiger partial charge in [0.15, 0.2) is 11.6 Å². The molecule has 0 aliphatic rings. The predicted octanol–water partition coefficient (Wildman–Crippen LogP) is 3.81. The summed E-state index contributed by atoms with van der Waals surface area (Å²) >= 11 is 0. The van der Waals surface area contributed by atoms with Crippen molar-refractivity contribution < 1.29 is 26.7 Å². The van der Waals surface area contributed by atoms with Gasteiger partial charge in [-0.05, 0) is 57.5 Å². The van der Waals surface area contributed by atoms with E-state index >= 15 is 0 Å². The highest BCUT2D eigenvalue weighted by atomic mass is 32.2. The van der Waals surface area contributed by atoms with Crippen LogP contribution < -0.4 is 0 Å². The number of sulfonamides is 1. The Labute approximate surface area is 164 Å². The minimum Gasteiger partial charge on any atom is -0.459 e. The molecule has 28 heavy (non-hydrogen) atoms. The van der Waals surface area contributed by atoms with Gasteiger partial charge in [-0.1, -0.05) is 23.8 Å². The number of carbonyl (C=O) groups excluding carboxylic acids is 1. The maximum absolute atomic E-state index is 13.5. The van der Waals surface area contributed by atoms with Crippen molar-refractivity contribution in [3.63, 3.8) is 0 Å². The van der Waals surface area contributed by atoms with Crippen LogP contribution in [-0.2, 0) is 26.1 Å². The molecule has 0 fully saturated rings. The molecule has 2 aromatic rings. The van der Waals surface area contributed by atoms with Crippen LogP contribution >= 0.6 is 0 Å². The van der Waals surface area contributed by atoms with Crippen molar-refractivity contribution in [3.8, 4) is 0 Å². The van der Waals surface area contributed by atoms with Crippen molar-refractivity contribution in [2.45, 2.75) is 44.7 Å². The van der Waals surface area contributed by atoms with Crippen LogP contribution in [0.2, 0.25) is 0 Å². The normalized spacial score (nSPS) is 12.2. The summed E-state index contributed by atoms with van der Waals surface area (Å²) in [5.41, 5.74) is 0.287. The van der Waals surface area contributed by atoms with Crippen LogP contribution in [0.4, 0.5) is 8.78 Å². The van der Waals surface area contributed by atoms with Crippen LogP contribution in [0.25, 0.3) is 0 Å². The largest absolute Gasteiger partial charge is 0.459 e. The lowest BCUT2D eigenvalue weighted by Gasteiger charge is -2.25. The molecule has 0 radical (unpaired) electrons. The number of carbonyl (C=O) groups is 1.